The second kappa shape index (κ2) is 7.58. The summed E-state index contributed by atoms with van der Waals surface area (Å²) in [6.45, 7) is 0.0579. The van der Waals surface area contributed by atoms with Crippen molar-refractivity contribution in [1.29, 1.82) is 0 Å². The minimum absolute atomic E-state index is 0.0579. The highest BCUT2D eigenvalue weighted by Crippen LogP contribution is 2.21. The van der Waals surface area contributed by atoms with Crippen molar-refractivity contribution < 1.29 is 18.0 Å². The number of hydrogen-bond acceptors (Lipinski definition) is 3. The Hall–Kier alpha value is -2.20. The summed E-state index contributed by atoms with van der Waals surface area (Å²) in [5.74, 6) is -4.21. The summed E-state index contributed by atoms with van der Waals surface area (Å²) in [6, 6.07) is 3.40. The Bertz CT molecular complexity index is 970. The van der Waals surface area contributed by atoms with Crippen LogP contribution in [0.3, 0.4) is 0 Å². The third kappa shape index (κ3) is 4.13. The van der Waals surface area contributed by atoms with Crippen molar-refractivity contribution in [2.24, 2.45) is 0 Å². The molecule has 10 heteroatoms. The number of amides is 1. The van der Waals surface area contributed by atoms with Gasteiger partial charge >= 0.3 is 0 Å². The van der Waals surface area contributed by atoms with Crippen LogP contribution in [0.15, 0.2) is 46.0 Å². The summed E-state index contributed by atoms with van der Waals surface area (Å²) in [5, 5.41) is 2.59. The number of nitrogens with one attached hydrogen (secondary N) is 1. The molecule has 3 aromatic rings. The van der Waals surface area contributed by atoms with Gasteiger partial charge < -0.3 is 9.88 Å². The van der Waals surface area contributed by atoms with Gasteiger partial charge in [-0.1, -0.05) is 0 Å². The number of carbonyl (C=O) groups is 1. The fourth-order valence-electron chi connectivity index (χ4n) is 2.16. The lowest BCUT2D eigenvalue weighted by Gasteiger charge is -2.05. The van der Waals surface area contributed by atoms with Gasteiger partial charge in [-0.25, -0.2) is 23.1 Å². The molecule has 0 saturated carbocycles. The molecule has 2 heterocycles. The van der Waals surface area contributed by atoms with E-state index in [1.54, 1.807) is 6.07 Å². The third-order valence-corrected chi connectivity index (χ3v) is 5.11. The predicted octanol–water partition coefficient (Wildman–Crippen LogP) is 4.52. The van der Waals surface area contributed by atoms with Crippen LogP contribution in [0, 0.1) is 17.5 Å². The Morgan fingerprint density at radius 1 is 1.12 bits per heavy atom. The van der Waals surface area contributed by atoms with E-state index in [-0.39, 0.29) is 17.9 Å². The molecule has 26 heavy (non-hydrogen) atoms. The highest BCUT2D eigenvalue weighted by Gasteiger charge is 2.13. The van der Waals surface area contributed by atoms with E-state index in [2.05, 4.69) is 47.1 Å². The molecular formula is C16H9Br2F3N4O. The van der Waals surface area contributed by atoms with Gasteiger partial charge in [-0.3, -0.25) is 4.79 Å². The van der Waals surface area contributed by atoms with Crippen LogP contribution in [0.4, 0.5) is 19.0 Å². The van der Waals surface area contributed by atoms with Crippen LogP contribution in [-0.2, 0) is 6.54 Å². The van der Waals surface area contributed by atoms with Gasteiger partial charge in [0.15, 0.2) is 23.3 Å². The first-order valence-corrected chi connectivity index (χ1v) is 8.69. The number of carbonyl (C=O) groups excluding carboxylic acids is 1. The number of anilines is 1. The summed E-state index contributed by atoms with van der Waals surface area (Å²) >= 11 is 6.47. The lowest BCUT2D eigenvalue weighted by molar-refractivity contribution is 0.102. The van der Waals surface area contributed by atoms with E-state index in [0.717, 1.165) is 12.1 Å². The number of halogens is 5. The summed E-state index contributed by atoms with van der Waals surface area (Å²) in [7, 11) is 0. The molecule has 0 spiro atoms. The first-order chi connectivity index (χ1) is 12.3. The van der Waals surface area contributed by atoms with Crippen LogP contribution in [0.2, 0.25) is 0 Å². The van der Waals surface area contributed by atoms with E-state index >= 15 is 0 Å². The van der Waals surface area contributed by atoms with Gasteiger partial charge in [-0.05, 0) is 55.6 Å². The lowest BCUT2D eigenvalue weighted by atomic mass is 10.2. The molecule has 0 unspecified atom stereocenters. The molecular weight excluding hydrogens is 481 g/mol. The molecule has 1 aromatic carbocycles. The fourth-order valence-corrected chi connectivity index (χ4v) is 2.72. The molecule has 0 aliphatic carbocycles. The average molecular weight is 490 g/mol. The zero-order valence-corrected chi connectivity index (χ0v) is 16.0. The molecule has 0 aliphatic heterocycles. The van der Waals surface area contributed by atoms with Crippen molar-refractivity contribution in [3.63, 3.8) is 0 Å². The van der Waals surface area contributed by atoms with E-state index < -0.39 is 23.4 Å². The molecule has 0 fully saturated rings. The van der Waals surface area contributed by atoms with Crippen LogP contribution >= 0.6 is 31.9 Å². The summed E-state index contributed by atoms with van der Waals surface area (Å²) in [4.78, 5) is 20.2. The maximum absolute atomic E-state index is 13.3. The van der Waals surface area contributed by atoms with Crippen molar-refractivity contribution in [2.75, 3.05) is 5.32 Å². The largest absolute Gasteiger partial charge is 0.331 e. The lowest BCUT2D eigenvalue weighted by Crippen LogP contribution is -2.12. The van der Waals surface area contributed by atoms with Crippen molar-refractivity contribution in [2.45, 2.75) is 6.54 Å². The first-order valence-electron chi connectivity index (χ1n) is 7.11. The van der Waals surface area contributed by atoms with Crippen LogP contribution in [-0.4, -0.2) is 20.4 Å². The van der Waals surface area contributed by atoms with Crippen molar-refractivity contribution in [1.82, 2.24) is 14.5 Å². The monoisotopic (exact) mass is 488 g/mol. The van der Waals surface area contributed by atoms with E-state index in [4.69, 9.17) is 0 Å². The quantitative estimate of drug-likeness (QED) is 0.433. The summed E-state index contributed by atoms with van der Waals surface area (Å²) < 4.78 is 42.2. The molecule has 0 atom stereocenters. The standard InChI is InChI=1S/C16H9Br2F3N4O/c17-10-3-9(4-22-15(10)18)16(26)24-13-6-25(7-23-13)5-8-1-11(19)14(21)12(20)2-8/h1-4,6-7H,5H2,(H,24,26). The summed E-state index contributed by atoms with van der Waals surface area (Å²) in [5.41, 5.74) is 0.537. The van der Waals surface area contributed by atoms with Gasteiger partial charge in [0, 0.05) is 18.9 Å². The topological polar surface area (TPSA) is 59.8 Å². The van der Waals surface area contributed by atoms with Crippen LogP contribution < -0.4 is 5.32 Å². The SMILES string of the molecule is O=C(Nc1cn(Cc2cc(F)c(F)c(F)c2)cn1)c1cnc(Br)c(Br)c1. The molecule has 0 saturated heterocycles. The van der Waals surface area contributed by atoms with Gasteiger partial charge in [0.25, 0.3) is 5.91 Å². The number of hydrogen-bond donors (Lipinski definition) is 1. The fraction of sp³-hybridized carbons (Fsp3) is 0.0625. The highest BCUT2D eigenvalue weighted by atomic mass is 79.9. The number of aromatic nitrogens is 3. The Morgan fingerprint density at radius 3 is 2.46 bits per heavy atom. The van der Waals surface area contributed by atoms with Crippen LogP contribution in [0.25, 0.3) is 0 Å². The minimum atomic E-state index is -1.51. The van der Waals surface area contributed by atoms with Crippen molar-refractivity contribution in [3.05, 3.63) is 74.6 Å². The molecule has 3 rings (SSSR count). The Balaban J connectivity index is 1.71. The summed E-state index contributed by atoms with van der Waals surface area (Å²) in [6.07, 6.45) is 4.26. The molecule has 0 radical (unpaired) electrons. The molecule has 2 aromatic heterocycles. The maximum atomic E-state index is 13.3. The second-order valence-electron chi connectivity index (χ2n) is 5.26. The van der Waals surface area contributed by atoms with E-state index in [1.165, 1.54) is 23.3 Å². The maximum Gasteiger partial charge on any atom is 0.258 e. The molecule has 1 amide bonds. The number of nitrogens with zero attached hydrogens (tertiary/aromatic N) is 3. The van der Waals surface area contributed by atoms with E-state index in [9.17, 15) is 18.0 Å². The van der Waals surface area contributed by atoms with Crippen LogP contribution in [0.1, 0.15) is 15.9 Å². The average Bonchev–Trinajstić information content (AvgIpc) is 3.01. The molecule has 1 N–H and O–H groups in total. The van der Waals surface area contributed by atoms with Gasteiger partial charge in [0.05, 0.1) is 16.4 Å². The zero-order chi connectivity index (χ0) is 18.8. The van der Waals surface area contributed by atoms with Gasteiger partial charge in [-0.2, -0.15) is 0 Å². The molecule has 0 bridgehead atoms. The third-order valence-electron chi connectivity index (χ3n) is 3.34. The number of pyridine rings is 1. The zero-order valence-electron chi connectivity index (χ0n) is 12.8. The Labute approximate surface area is 162 Å². The minimum Gasteiger partial charge on any atom is -0.331 e. The van der Waals surface area contributed by atoms with E-state index in [1.807, 2.05) is 0 Å². The molecule has 0 aliphatic rings. The number of rotatable bonds is 4. The Kier molecular flexibility index (Phi) is 5.42. The predicted molar refractivity (Wildman–Crippen MR) is 95.2 cm³/mol. The van der Waals surface area contributed by atoms with Gasteiger partial charge in [0.2, 0.25) is 0 Å². The smallest absolute Gasteiger partial charge is 0.258 e. The van der Waals surface area contributed by atoms with Gasteiger partial charge in [0.1, 0.15) is 4.60 Å². The van der Waals surface area contributed by atoms with Gasteiger partial charge in [-0.15, -0.1) is 0 Å². The van der Waals surface area contributed by atoms with Crippen LogP contribution in [0.5, 0.6) is 0 Å². The number of benzene rings is 1. The van der Waals surface area contributed by atoms with E-state index in [0.29, 0.717) is 14.6 Å². The van der Waals surface area contributed by atoms with Crippen molar-refractivity contribution in [3.8, 4) is 0 Å². The highest BCUT2D eigenvalue weighted by molar-refractivity contribution is 9.13. The normalized spacial score (nSPS) is 10.8. The Morgan fingerprint density at radius 2 is 1.81 bits per heavy atom. The molecule has 134 valence electrons. The first kappa shape index (κ1) is 18.6. The van der Waals surface area contributed by atoms with Crippen molar-refractivity contribution >= 4 is 43.6 Å². The second-order valence-corrected chi connectivity index (χ2v) is 6.86. The molecule has 5 nitrogen and oxygen atoms in total. The number of imidazole rings is 1.